The van der Waals surface area contributed by atoms with Crippen LogP contribution in [-0.4, -0.2) is 54.4 Å². The van der Waals surface area contributed by atoms with Crippen LogP contribution in [0.15, 0.2) is 0 Å². The highest BCUT2D eigenvalue weighted by atomic mass is 16.5. The maximum atomic E-state index is 12.0. The van der Waals surface area contributed by atoms with Crippen LogP contribution in [0.5, 0.6) is 0 Å². The van der Waals surface area contributed by atoms with Gasteiger partial charge in [-0.2, -0.15) is 0 Å². The first-order valence-corrected chi connectivity index (χ1v) is 6.41. The van der Waals surface area contributed by atoms with Crippen molar-refractivity contribution in [2.45, 2.75) is 37.8 Å². The Labute approximate surface area is 106 Å². The lowest BCUT2D eigenvalue weighted by molar-refractivity contribution is -0.141. The highest BCUT2D eigenvalue weighted by molar-refractivity contribution is 5.75. The van der Waals surface area contributed by atoms with Crippen LogP contribution in [0, 0.1) is 5.92 Å². The molecule has 0 aromatic rings. The first-order chi connectivity index (χ1) is 8.60. The Bertz CT molecular complexity index is 334. The number of rotatable bonds is 3. The fourth-order valence-electron chi connectivity index (χ4n) is 2.71. The van der Waals surface area contributed by atoms with Gasteiger partial charge in [0.05, 0.1) is 12.0 Å². The number of hydrogen-bond acceptors (Lipinski definition) is 3. The summed E-state index contributed by atoms with van der Waals surface area (Å²) in [6.45, 7) is 1.33. The van der Waals surface area contributed by atoms with E-state index in [4.69, 9.17) is 9.84 Å². The lowest BCUT2D eigenvalue weighted by Crippen LogP contribution is -2.43. The van der Waals surface area contributed by atoms with Crippen LogP contribution >= 0.6 is 0 Å². The Hall–Kier alpha value is -1.30. The first-order valence-electron chi connectivity index (χ1n) is 6.41. The second-order valence-corrected chi connectivity index (χ2v) is 5.09. The van der Waals surface area contributed by atoms with Gasteiger partial charge in [0.25, 0.3) is 0 Å². The fraction of sp³-hybridized carbons (Fsp3) is 0.833. The summed E-state index contributed by atoms with van der Waals surface area (Å²) < 4.78 is 5.21. The molecule has 102 valence electrons. The Kier molecular flexibility index (Phi) is 4.06. The number of carboxylic acid groups (broad SMARTS) is 1. The molecule has 6 heteroatoms. The minimum absolute atomic E-state index is 0.000180. The zero-order chi connectivity index (χ0) is 13.1. The van der Waals surface area contributed by atoms with Crippen molar-refractivity contribution in [3.05, 3.63) is 0 Å². The van der Waals surface area contributed by atoms with Gasteiger partial charge in [0.1, 0.15) is 0 Å². The number of carbonyl (C=O) groups excluding carboxylic acids is 1. The number of urea groups is 1. The molecular weight excluding hydrogens is 236 g/mol. The van der Waals surface area contributed by atoms with Crippen LogP contribution in [0.1, 0.15) is 25.7 Å². The minimum atomic E-state index is -0.757. The summed E-state index contributed by atoms with van der Waals surface area (Å²) >= 11 is 0. The molecule has 0 spiro atoms. The van der Waals surface area contributed by atoms with E-state index in [0.29, 0.717) is 25.9 Å². The summed E-state index contributed by atoms with van der Waals surface area (Å²) in [5.74, 6) is -1.06. The Morgan fingerprint density at radius 1 is 1.33 bits per heavy atom. The van der Waals surface area contributed by atoms with Crippen LogP contribution in [0.25, 0.3) is 0 Å². The molecule has 3 unspecified atom stereocenters. The molecule has 18 heavy (non-hydrogen) atoms. The van der Waals surface area contributed by atoms with Crippen molar-refractivity contribution in [3.63, 3.8) is 0 Å². The lowest BCUT2D eigenvalue weighted by atomic mass is 10.1. The molecule has 1 heterocycles. The predicted octanol–water partition coefficient (Wildman–Crippen LogP) is 0.670. The molecule has 2 aliphatic rings. The summed E-state index contributed by atoms with van der Waals surface area (Å²) in [6.07, 6.45) is 2.95. The average molecular weight is 256 g/mol. The predicted molar refractivity (Wildman–Crippen MR) is 64.3 cm³/mol. The number of amides is 2. The number of likely N-dealkylation sites (tertiary alicyclic amines) is 1. The van der Waals surface area contributed by atoms with Gasteiger partial charge in [-0.15, -0.1) is 0 Å². The molecule has 3 atom stereocenters. The van der Waals surface area contributed by atoms with Crippen molar-refractivity contribution < 1.29 is 19.4 Å². The van der Waals surface area contributed by atoms with Gasteiger partial charge >= 0.3 is 12.0 Å². The van der Waals surface area contributed by atoms with E-state index in [2.05, 4.69) is 5.32 Å². The average Bonchev–Trinajstić information content (AvgIpc) is 2.96. The summed E-state index contributed by atoms with van der Waals surface area (Å²) in [5.41, 5.74) is 0. The van der Waals surface area contributed by atoms with E-state index in [1.54, 1.807) is 12.0 Å². The standard InChI is InChI=1S/C12H20N2O4/c1-18-10-4-5-14(7-10)12(17)13-9-3-2-8(6-9)11(15)16/h8-10H,2-7H2,1H3,(H,13,17)(H,15,16). The van der Waals surface area contributed by atoms with E-state index in [0.717, 1.165) is 12.8 Å². The van der Waals surface area contributed by atoms with Crippen LogP contribution in [0.4, 0.5) is 4.79 Å². The quantitative estimate of drug-likeness (QED) is 0.778. The summed E-state index contributed by atoms with van der Waals surface area (Å²) in [6, 6.07) is -0.0919. The van der Waals surface area contributed by atoms with Crippen molar-refractivity contribution >= 4 is 12.0 Å². The zero-order valence-electron chi connectivity index (χ0n) is 10.6. The highest BCUT2D eigenvalue weighted by Gasteiger charge is 2.33. The van der Waals surface area contributed by atoms with Crippen LogP contribution < -0.4 is 5.32 Å². The Balaban J connectivity index is 1.77. The molecule has 0 aromatic heterocycles. The number of nitrogens with zero attached hydrogens (tertiary/aromatic N) is 1. The first kappa shape index (κ1) is 13.1. The molecular formula is C12H20N2O4. The molecule has 0 aromatic carbocycles. The number of carbonyl (C=O) groups is 2. The minimum Gasteiger partial charge on any atom is -0.481 e. The van der Waals surface area contributed by atoms with Crippen LogP contribution in [0.3, 0.4) is 0 Å². The van der Waals surface area contributed by atoms with E-state index in [9.17, 15) is 9.59 Å². The van der Waals surface area contributed by atoms with Crippen molar-refractivity contribution in [1.82, 2.24) is 10.2 Å². The SMILES string of the molecule is COC1CCN(C(=O)NC2CCC(C(=O)O)C2)C1. The molecule has 1 saturated heterocycles. The monoisotopic (exact) mass is 256 g/mol. The van der Waals surface area contributed by atoms with Gasteiger partial charge in [-0.1, -0.05) is 0 Å². The third-order valence-electron chi connectivity index (χ3n) is 3.88. The van der Waals surface area contributed by atoms with Gasteiger partial charge in [-0.25, -0.2) is 4.79 Å². The number of methoxy groups -OCH3 is 1. The normalized spacial score (nSPS) is 31.6. The molecule has 0 radical (unpaired) electrons. The lowest BCUT2D eigenvalue weighted by Gasteiger charge is -2.20. The van der Waals surface area contributed by atoms with Crippen LogP contribution in [0.2, 0.25) is 0 Å². The highest BCUT2D eigenvalue weighted by Crippen LogP contribution is 2.26. The van der Waals surface area contributed by atoms with E-state index < -0.39 is 5.97 Å². The van der Waals surface area contributed by atoms with E-state index in [1.165, 1.54) is 0 Å². The summed E-state index contributed by atoms with van der Waals surface area (Å²) in [4.78, 5) is 24.5. The van der Waals surface area contributed by atoms with Gasteiger partial charge in [0.2, 0.25) is 0 Å². The molecule has 1 saturated carbocycles. The van der Waals surface area contributed by atoms with Gasteiger partial charge in [0, 0.05) is 26.2 Å². The van der Waals surface area contributed by atoms with Gasteiger partial charge in [-0.05, 0) is 25.7 Å². The van der Waals surface area contributed by atoms with E-state index in [1.807, 2.05) is 0 Å². The van der Waals surface area contributed by atoms with Crippen molar-refractivity contribution in [2.75, 3.05) is 20.2 Å². The number of ether oxygens (including phenoxy) is 1. The molecule has 2 N–H and O–H groups in total. The smallest absolute Gasteiger partial charge is 0.317 e. The number of carboxylic acids is 1. The maximum Gasteiger partial charge on any atom is 0.317 e. The molecule has 0 bridgehead atoms. The molecule has 2 rings (SSSR count). The fourth-order valence-corrected chi connectivity index (χ4v) is 2.71. The van der Waals surface area contributed by atoms with Crippen molar-refractivity contribution in [1.29, 1.82) is 0 Å². The van der Waals surface area contributed by atoms with Crippen LogP contribution in [-0.2, 0) is 9.53 Å². The third kappa shape index (κ3) is 2.93. The molecule has 6 nitrogen and oxygen atoms in total. The summed E-state index contributed by atoms with van der Waals surface area (Å²) in [5, 5.41) is 11.8. The zero-order valence-corrected chi connectivity index (χ0v) is 10.6. The number of aliphatic carboxylic acids is 1. The van der Waals surface area contributed by atoms with Gasteiger partial charge < -0.3 is 20.1 Å². The third-order valence-corrected chi connectivity index (χ3v) is 3.88. The van der Waals surface area contributed by atoms with Gasteiger partial charge in [-0.3, -0.25) is 4.79 Å². The summed E-state index contributed by atoms with van der Waals surface area (Å²) in [7, 11) is 1.65. The Morgan fingerprint density at radius 3 is 2.67 bits per heavy atom. The topological polar surface area (TPSA) is 78.9 Å². The Morgan fingerprint density at radius 2 is 2.11 bits per heavy atom. The molecule has 1 aliphatic heterocycles. The second-order valence-electron chi connectivity index (χ2n) is 5.09. The van der Waals surface area contributed by atoms with E-state index in [-0.39, 0.29) is 24.1 Å². The molecule has 2 amide bonds. The van der Waals surface area contributed by atoms with Gasteiger partial charge in [0.15, 0.2) is 0 Å². The second kappa shape index (κ2) is 5.56. The van der Waals surface area contributed by atoms with Crippen molar-refractivity contribution in [2.24, 2.45) is 5.92 Å². The number of nitrogens with one attached hydrogen (secondary N) is 1. The molecule has 2 fully saturated rings. The number of hydrogen-bond donors (Lipinski definition) is 2. The van der Waals surface area contributed by atoms with E-state index >= 15 is 0 Å². The largest absolute Gasteiger partial charge is 0.481 e. The maximum absolute atomic E-state index is 12.0. The van der Waals surface area contributed by atoms with Crippen molar-refractivity contribution in [3.8, 4) is 0 Å². The molecule has 1 aliphatic carbocycles.